The Kier molecular flexibility index (Phi) is 3.26. The summed E-state index contributed by atoms with van der Waals surface area (Å²) < 4.78 is 5.71. The highest BCUT2D eigenvalue weighted by Gasteiger charge is 2.43. The molecule has 25 heavy (non-hydrogen) atoms. The Hall–Kier alpha value is -3.00. The summed E-state index contributed by atoms with van der Waals surface area (Å²) in [6, 6.07) is 12.0. The first-order valence-electron chi connectivity index (χ1n) is 8.31. The van der Waals surface area contributed by atoms with Gasteiger partial charge in [-0.3, -0.25) is 4.79 Å². The molecule has 0 bridgehead atoms. The van der Waals surface area contributed by atoms with E-state index in [0.29, 0.717) is 29.7 Å². The lowest BCUT2D eigenvalue weighted by Gasteiger charge is -2.36. The molecule has 126 valence electrons. The van der Waals surface area contributed by atoms with Gasteiger partial charge in [0.2, 0.25) is 5.88 Å². The van der Waals surface area contributed by atoms with Crippen LogP contribution in [0.25, 0.3) is 10.9 Å². The minimum absolute atomic E-state index is 0.0233. The molecule has 5 nitrogen and oxygen atoms in total. The van der Waals surface area contributed by atoms with Gasteiger partial charge in [-0.2, -0.15) is 5.26 Å². The number of aromatic amines is 1. The minimum Gasteiger partial charge on any atom is -0.444 e. The van der Waals surface area contributed by atoms with E-state index in [2.05, 4.69) is 11.1 Å². The van der Waals surface area contributed by atoms with Gasteiger partial charge >= 0.3 is 0 Å². The number of allylic oxidation sites excluding steroid dienone is 3. The third kappa shape index (κ3) is 2.42. The van der Waals surface area contributed by atoms with Crippen molar-refractivity contribution in [3.8, 4) is 6.07 Å². The van der Waals surface area contributed by atoms with Crippen molar-refractivity contribution < 1.29 is 9.53 Å². The van der Waals surface area contributed by atoms with Crippen LogP contribution in [0.2, 0.25) is 0 Å². The fourth-order valence-electron chi connectivity index (χ4n) is 3.85. The summed E-state index contributed by atoms with van der Waals surface area (Å²) in [5.41, 5.74) is 8.47. The second-order valence-corrected chi connectivity index (χ2v) is 7.51. The molecule has 1 aromatic carbocycles. The smallest absolute Gasteiger partial charge is 0.205 e. The van der Waals surface area contributed by atoms with E-state index < -0.39 is 5.92 Å². The Morgan fingerprint density at radius 3 is 2.80 bits per heavy atom. The fourth-order valence-corrected chi connectivity index (χ4v) is 3.85. The summed E-state index contributed by atoms with van der Waals surface area (Å²) in [7, 11) is 0. The van der Waals surface area contributed by atoms with Crippen molar-refractivity contribution in [2.24, 2.45) is 11.1 Å². The van der Waals surface area contributed by atoms with E-state index in [0.717, 1.165) is 16.6 Å². The van der Waals surface area contributed by atoms with Crippen LogP contribution in [0.5, 0.6) is 0 Å². The Morgan fingerprint density at radius 1 is 1.32 bits per heavy atom. The molecule has 2 aromatic rings. The monoisotopic (exact) mass is 333 g/mol. The maximum absolute atomic E-state index is 12.9. The van der Waals surface area contributed by atoms with E-state index in [9.17, 15) is 10.1 Å². The lowest BCUT2D eigenvalue weighted by atomic mass is 9.71. The molecule has 0 saturated carbocycles. The second kappa shape index (κ2) is 5.25. The topological polar surface area (TPSA) is 91.9 Å². The number of Topliss-reactive ketones (excluding diaryl/α,β-unsaturated/α-hetero) is 1. The number of para-hydroxylation sites is 1. The third-order valence-corrected chi connectivity index (χ3v) is 4.94. The highest BCUT2D eigenvalue weighted by Crippen LogP contribution is 2.47. The zero-order chi connectivity index (χ0) is 17.8. The summed E-state index contributed by atoms with van der Waals surface area (Å²) in [5.74, 6) is 0.219. The van der Waals surface area contributed by atoms with E-state index in [1.807, 2.05) is 44.2 Å². The molecule has 2 heterocycles. The number of benzene rings is 1. The number of carbonyl (C=O) groups is 1. The molecule has 0 spiro atoms. The van der Waals surface area contributed by atoms with Crippen LogP contribution in [0.15, 0.2) is 53.1 Å². The van der Waals surface area contributed by atoms with Crippen LogP contribution in [-0.2, 0) is 9.53 Å². The summed E-state index contributed by atoms with van der Waals surface area (Å²) in [6.45, 7) is 4.07. The van der Waals surface area contributed by atoms with E-state index in [4.69, 9.17) is 10.5 Å². The number of ether oxygens (including phenoxy) is 1. The first-order valence-corrected chi connectivity index (χ1v) is 8.31. The molecule has 1 aliphatic heterocycles. The number of aromatic nitrogens is 1. The maximum atomic E-state index is 12.9. The van der Waals surface area contributed by atoms with Gasteiger partial charge in [-0.05, 0) is 22.9 Å². The number of H-pyrrole nitrogens is 1. The molecule has 0 unspecified atom stereocenters. The van der Waals surface area contributed by atoms with Gasteiger partial charge in [0, 0.05) is 29.6 Å². The molecule has 0 saturated heterocycles. The van der Waals surface area contributed by atoms with Crippen LogP contribution in [0.4, 0.5) is 0 Å². The molecule has 3 N–H and O–H groups in total. The molecule has 0 amide bonds. The molecule has 1 atom stereocenters. The van der Waals surface area contributed by atoms with Crippen molar-refractivity contribution >= 4 is 16.7 Å². The number of hydrogen-bond donors (Lipinski definition) is 2. The Bertz CT molecular complexity index is 968. The molecule has 4 rings (SSSR count). The first kappa shape index (κ1) is 15.5. The number of nitrogens with zero attached hydrogens (tertiary/aromatic N) is 1. The third-order valence-electron chi connectivity index (χ3n) is 4.94. The normalized spacial score (nSPS) is 22.6. The van der Waals surface area contributed by atoms with Crippen LogP contribution in [0, 0.1) is 16.7 Å². The zero-order valence-electron chi connectivity index (χ0n) is 14.2. The molecular weight excluding hydrogens is 314 g/mol. The Morgan fingerprint density at radius 2 is 2.08 bits per heavy atom. The SMILES string of the molecule is CC1(C)CC(=O)C2=C(C1)OC(N)=C(C#N)[C@H]2c1cc2ccccc2[nH]1. The standard InChI is InChI=1S/C20H19N3O2/c1-20(2)8-15(24)18-16(9-20)25-19(22)12(10-21)17(18)14-7-11-5-3-4-6-13(11)23-14/h3-7,17,23H,8-9,22H2,1-2H3/t17-/m0/s1. The molecule has 0 fully saturated rings. The highest BCUT2D eigenvalue weighted by atomic mass is 16.5. The van der Waals surface area contributed by atoms with Crippen molar-refractivity contribution in [3.05, 3.63) is 58.8 Å². The molecule has 1 aromatic heterocycles. The number of nitriles is 1. The summed E-state index contributed by atoms with van der Waals surface area (Å²) in [6.07, 6.45) is 1.06. The quantitative estimate of drug-likeness (QED) is 0.833. The Balaban J connectivity index is 1.92. The number of carbonyl (C=O) groups excluding carboxylic acids is 1. The van der Waals surface area contributed by atoms with Gasteiger partial charge in [-0.25, -0.2) is 0 Å². The average molecular weight is 333 g/mol. The molecule has 1 aliphatic carbocycles. The summed E-state index contributed by atoms with van der Waals surface area (Å²) in [5, 5.41) is 10.7. The van der Waals surface area contributed by atoms with Crippen LogP contribution in [0.3, 0.4) is 0 Å². The van der Waals surface area contributed by atoms with Gasteiger partial charge in [0.25, 0.3) is 0 Å². The Labute approximate surface area is 145 Å². The molecule has 2 aliphatic rings. The van der Waals surface area contributed by atoms with Gasteiger partial charge in [0.1, 0.15) is 17.4 Å². The zero-order valence-corrected chi connectivity index (χ0v) is 14.2. The lowest BCUT2D eigenvalue weighted by molar-refractivity contribution is -0.119. The highest BCUT2D eigenvalue weighted by molar-refractivity contribution is 6.00. The van der Waals surface area contributed by atoms with Gasteiger partial charge in [0.05, 0.1) is 5.92 Å². The van der Waals surface area contributed by atoms with Crippen molar-refractivity contribution in [2.75, 3.05) is 0 Å². The second-order valence-electron chi connectivity index (χ2n) is 7.51. The van der Waals surface area contributed by atoms with Gasteiger partial charge < -0.3 is 15.5 Å². The van der Waals surface area contributed by atoms with E-state index >= 15 is 0 Å². The summed E-state index contributed by atoms with van der Waals surface area (Å²) >= 11 is 0. The number of fused-ring (bicyclic) bond motifs is 1. The fraction of sp³-hybridized carbons (Fsp3) is 0.300. The van der Waals surface area contributed by atoms with Crippen LogP contribution in [0.1, 0.15) is 38.3 Å². The van der Waals surface area contributed by atoms with Crippen LogP contribution >= 0.6 is 0 Å². The van der Waals surface area contributed by atoms with Gasteiger partial charge in [0.15, 0.2) is 5.78 Å². The number of nitrogens with one attached hydrogen (secondary N) is 1. The number of nitrogens with two attached hydrogens (primary N) is 1. The summed E-state index contributed by atoms with van der Waals surface area (Å²) in [4.78, 5) is 16.2. The minimum atomic E-state index is -0.496. The predicted octanol–water partition coefficient (Wildman–Crippen LogP) is 3.62. The van der Waals surface area contributed by atoms with Crippen LogP contribution in [-0.4, -0.2) is 10.8 Å². The van der Waals surface area contributed by atoms with Crippen molar-refractivity contribution in [2.45, 2.75) is 32.6 Å². The van der Waals surface area contributed by atoms with Crippen molar-refractivity contribution in [3.63, 3.8) is 0 Å². The predicted molar refractivity (Wildman–Crippen MR) is 94.0 cm³/mol. The lowest BCUT2D eigenvalue weighted by Crippen LogP contribution is -2.33. The number of hydrogen-bond acceptors (Lipinski definition) is 4. The maximum Gasteiger partial charge on any atom is 0.205 e. The molecule has 5 heteroatoms. The number of ketones is 1. The van der Waals surface area contributed by atoms with E-state index in [1.54, 1.807) is 0 Å². The molecular formula is C20H19N3O2. The number of rotatable bonds is 1. The largest absolute Gasteiger partial charge is 0.444 e. The first-order chi connectivity index (χ1) is 11.9. The van der Waals surface area contributed by atoms with Crippen molar-refractivity contribution in [1.29, 1.82) is 5.26 Å². The van der Waals surface area contributed by atoms with Gasteiger partial charge in [-0.15, -0.1) is 0 Å². The van der Waals surface area contributed by atoms with Crippen molar-refractivity contribution in [1.82, 2.24) is 4.98 Å². The van der Waals surface area contributed by atoms with E-state index in [-0.39, 0.29) is 17.1 Å². The van der Waals surface area contributed by atoms with E-state index in [1.165, 1.54) is 0 Å². The van der Waals surface area contributed by atoms with Crippen LogP contribution < -0.4 is 5.73 Å². The van der Waals surface area contributed by atoms with Gasteiger partial charge in [-0.1, -0.05) is 32.0 Å². The molecule has 0 radical (unpaired) electrons. The average Bonchev–Trinajstić information content (AvgIpc) is 2.96.